The molecule has 1 N–H and O–H groups in total. The summed E-state index contributed by atoms with van der Waals surface area (Å²) in [4.78, 5) is 9.78. The molecule has 0 atom stereocenters. The van der Waals surface area contributed by atoms with Crippen LogP contribution in [-0.2, 0) is 13.1 Å². The number of thiazole rings is 1. The summed E-state index contributed by atoms with van der Waals surface area (Å²) in [6.07, 6.45) is 5.75. The van der Waals surface area contributed by atoms with E-state index in [1.807, 2.05) is 25.6 Å². The molecule has 0 unspecified atom stereocenters. The van der Waals surface area contributed by atoms with Gasteiger partial charge in [0.2, 0.25) is 0 Å². The van der Waals surface area contributed by atoms with Crippen LogP contribution in [0, 0.1) is 6.92 Å². The summed E-state index contributed by atoms with van der Waals surface area (Å²) in [6, 6.07) is 0. The Morgan fingerprint density at radius 3 is 2.72 bits per heavy atom. The van der Waals surface area contributed by atoms with Gasteiger partial charge in [-0.15, -0.1) is 11.3 Å². The molecule has 4 nitrogen and oxygen atoms in total. The molecule has 2 heterocycles. The fraction of sp³-hybridized carbons (Fsp3) is 0.538. The number of imidazole rings is 1. The zero-order valence-electron chi connectivity index (χ0n) is 11.4. The zero-order chi connectivity index (χ0) is 13.2. The van der Waals surface area contributed by atoms with E-state index in [-0.39, 0.29) is 5.54 Å². The highest BCUT2D eigenvalue weighted by Gasteiger charge is 2.11. The van der Waals surface area contributed by atoms with E-state index in [1.54, 1.807) is 11.3 Å². The van der Waals surface area contributed by atoms with Crippen LogP contribution in [-0.4, -0.2) is 20.1 Å². The highest BCUT2D eigenvalue weighted by molar-refractivity contribution is 7.11. The number of rotatable bonds is 4. The van der Waals surface area contributed by atoms with Gasteiger partial charge in [-0.05, 0) is 27.7 Å². The van der Waals surface area contributed by atoms with E-state index >= 15 is 0 Å². The highest BCUT2D eigenvalue weighted by atomic mass is 32.1. The second-order valence-electron chi connectivity index (χ2n) is 5.46. The molecule has 0 spiro atoms. The fourth-order valence-corrected chi connectivity index (χ4v) is 2.43. The van der Waals surface area contributed by atoms with Gasteiger partial charge in [0.25, 0.3) is 0 Å². The molecule has 0 aliphatic heterocycles. The molecule has 5 heteroatoms. The summed E-state index contributed by atoms with van der Waals surface area (Å²) in [5, 5.41) is 4.59. The Labute approximate surface area is 112 Å². The Morgan fingerprint density at radius 2 is 2.11 bits per heavy atom. The Morgan fingerprint density at radius 1 is 1.33 bits per heavy atom. The maximum atomic E-state index is 4.28. The molecule has 0 amide bonds. The molecule has 0 fully saturated rings. The lowest BCUT2D eigenvalue weighted by Crippen LogP contribution is -2.35. The highest BCUT2D eigenvalue weighted by Crippen LogP contribution is 2.14. The van der Waals surface area contributed by atoms with Crippen molar-refractivity contribution in [3.05, 3.63) is 34.3 Å². The van der Waals surface area contributed by atoms with Crippen LogP contribution >= 0.6 is 11.3 Å². The van der Waals surface area contributed by atoms with Crippen molar-refractivity contribution in [3.8, 4) is 0 Å². The van der Waals surface area contributed by atoms with Crippen molar-refractivity contribution in [1.29, 1.82) is 0 Å². The number of nitrogens with one attached hydrogen (secondary N) is 1. The van der Waals surface area contributed by atoms with Gasteiger partial charge in [0.15, 0.2) is 0 Å². The molecule has 2 aromatic rings. The van der Waals surface area contributed by atoms with E-state index in [0.29, 0.717) is 0 Å². The van der Waals surface area contributed by atoms with Crippen LogP contribution in [0.25, 0.3) is 0 Å². The molecule has 98 valence electrons. The molecule has 0 radical (unpaired) electrons. The quantitative estimate of drug-likeness (QED) is 0.923. The largest absolute Gasteiger partial charge is 0.328 e. The molecule has 0 aromatic carbocycles. The molecule has 2 aromatic heterocycles. The Bertz CT molecular complexity index is 507. The summed E-state index contributed by atoms with van der Waals surface area (Å²) in [5.74, 6) is 0. The van der Waals surface area contributed by atoms with E-state index in [0.717, 1.165) is 18.1 Å². The predicted molar refractivity (Wildman–Crippen MR) is 74.8 cm³/mol. The van der Waals surface area contributed by atoms with Crippen LogP contribution in [0.2, 0.25) is 0 Å². The molecule has 0 bridgehead atoms. The topological polar surface area (TPSA) is 42.7 Å². The number of hydrogen-bond donors (Lipinski definition) is 1. The maximum absolute atomic E-state index is 4.28. The van der Waals surface area contributed by atoms with E-state index in [1.165, 1.54) is 10.6 Å². The van der Waals surface area contributed by atoms with E-state index in [9.17, 15) is 0 Å². The van der Waals surface area contributed by atoms with E-state index < -0.39 is 0 Å². The number of aryl methyl sites for hydroxylation is 1. The second-order valence-corrected chi connectivity index (χ2v) is 6.78. The third-order valence-electron chi connectivity index (χ3n) is 2.59. The molecule has 0 saturated carbocycles. The molecular formula is C13H20N4S. The lowest BCUT2D eigenvalue weighted by molar-refractivity contribution is 0.417. The second kappa shape index (κ2) is 5.20. The van der Waals surface area contributed by atoms with Crippen molar-refractivity contribution in [3.63, 3.8) is 0 Å². The van der Waals surface area contributed by atoms with Gasteiger partial charge < -0.3 is 9.88 Å². The minimum atomic E-state index is 0.121. The van der Waals surface area contributed by atoms with Gasteiger partial charge in [0.1, 0.15) is 0 Å². The predicted octanol–water partition coefficient (Wildman–Crippen LogP) is 2.58. The Kier molecular flexibility index (Phi) is 3.82. The third kappa shape index (κ3) is 3.65. The van der Waals surface area contributed by atoms with Crippen molar-refractivity contribution in [2.24, 2.45) is 0 Å². The van der Waals surface area contributed by atoms with Gasteiger partial charge in [-0.25, -0.2) is 9.97 Å². The minimum Gasteiger partial charge on any atom is -0.328 e. The lowest BCUT2D eigenvalue weighted by Gasteiger charge is -2.20. The Hall–Kier alpha value is -1.20. The van der Waals surface area contributed by atoms with Crippen molar-refractivity contribution in [1.82, 2.24) is 19.9 Å². The summed E-state index contributed by atoms with van der Waals surface area (Å²) in [5.41, 5.74) is 1.33. The smallest absolute Gasteiger partial charge is 0.0952 e. The molecule has 0 aliphatic rings. The molecular weight excluding hydrogens is 244 g/mol. The van der Waals surface area contributed by atoms with Gasteiger partial charge >= 0.3 is 0 Å². The summed E-state index contributed by atoms with van der Waals surface area (Å²) < 4.78 is 2.17. The van der Waals surface area contributed by atoms with Crippen molar-refractivity contribution in [2.45, 2.75) is 46.3 Å². The van der Waals surface area contributed by atoms with E-state index in [4.69, 9.17) is 0 Å². The van der Waals surface area contributed by atoms with E-state index in [2.05, 4.69) is 40.6 Å². The Balaban J connectivity index is 2.03. The van der Waals surface area contributed by atoms with Gasteiger partial charge in [0, 0.05) is 29.4 Å². The van der Waals surface area contributed by atoms with Crippen LogP contribution in [0.3, 0.4) is 0 Å². The third-order valence-corrected chi connectivity index (χ3v) is 3.49. The van der Waals surface area contributed by atoms with Gasteiger partial charge in [-0.1, -0.05) is 0 Å². The standard InChI is InChI=1S/C13H20N4S/c1-10-15-7-12(18-10)8-17-9-14-5-11(17)6-16-13(2,3)4/h5,7,9,16H,6,8H2,1-4H3. The van der Waals surface area contributed by atoms with Crippen LogP contribution in [0.5, 0.6) is 0 Å². The first kappa shape index (κ1) is 13.2. The van der Waals surface area contributed by atoms with Crippen LogP contribution in [0.15, 0.2) is 18.7 Å². The van der Waals surface area contributed by atoms with Gasteiger partial charge in [0.05, 0.1) is 23.6 Å². The average Bonchev–Trinajstić information content (AvgIpc) is 2.85. The van der Waals surface area contributed by atoms with Crippen LogP contribution in [0.1, 0.15) is 36.3 Å². The number of nitrogens with zero attached hydrogens (tertiary/aromatic N) is 3. The maximum Gasteiger partial charge on any atom is 0.0952 e. The van der Waals surface area contributed by atoms with Crippen LogP contribution in [0.4, 0.5) is 0 Å². The van der Waals surface area contributed by atoms with Gasteiger partial charge in [-0.2, -0.15) is 0 Å². The zero-order valence-corrected chi connectivity index (χ0v) is 12.2. The lowest BCUT2D eigenvalue weighted by atomic mass is 10.1. The number of hydrogen-bond acceptors (Lipinski definition) is 4. The average molecular weight is 264 g/mol. The van der Waals surface area contributed by atoms with Crippen LogP contribution < -0.4 is 5.32 Å². The number of aromatic nitrogens is 3. The summed E-state index contributed by atoms with van der Waals surface area (Å²) in [6.45, 7) is 10.2. The van der Waals surface area contributed by atoms with Gasteiger partial charge in [-0.3, -0.25) is 0 Å². The molecule has 2 rings (SSSR count). The SMILES string of the molecule is Cc1ncc(Cn2cncc2CNC(C)(C)C)s1. The van der Waals surface area contributed by atoms with Crippen molar-refractivity contribution >= 4 is 11.3 Å². The first-order valence-corrected chi connectivity index (χ1v) is 6.91. The summed E-state index contributed by atoms with van der Waals surface area (Å²) >= 11 is 1.74. The molecule has 0 saturated heterocycles. The minimum absolute atomic E-state index is 0.121. The fourth-order valence-electron chi connectivity index (χ4n) is 1.64. The normalized spacial score (nSPS) is 12.0. The van der Waals surface area contributed by atoms with Crippen molar-refractivity contribution in [2.75, 3.05) is 0 Å². The first-order valence-electron chi connectivity index (χ1n) is 6.09. The molecule has 0 aliphatic carbocycles. The monoisotopic (exact) mass is 264 g/mol. The van der Waals surface area contributed by atoms with Crippen molar-refractivity contribution < 1.29 is 0 Å². The first-order chi connectivity index (χ1) is 8.44. The summed E-state index contributed by atoms with van der Waals surface area (Å²) in [7, 11) is 0. The molecule has 18 heavy (non-hydrogen) atoms.